The lowest BCUT2D eigenvalue weighted by molar-refractivity contribution is -0.140. The van der Waals surface area contributed by atoms with Gasteiger partial charge in [0.25, 0.3) is 0 Å². The lowest BCUT2D eigenvalue weighted by atomic mass is 10.1. The number of aromatic amines is 1. The Hall–Kier alpha value is -1.84. The van der Waals surface area contributed by atoms with Crippen LogP contribution in [0.2, 0.25) is 0 Å². The normalized spacial score (nSPS) is 10.8. The molecule has 0 bridgehead atoms. The van der Waals surface area contributed by atoms with Gasteiger partial charge in [-0.1, -0.05) is 13.0 Å². The van der Waals surface area contributed by atoms with Crippen LogP contribution in [0.3, 0.4) is 0 Å². The Kier molecular flexibility index (Phi) is 3.97. The van der Waals surface area contributed by atoms with Crippen LogP contribution < -0.4 is 0 Å². The Morgan fingerprint density at radius 3 is 3.00 bits per heavy atom. The zero-order valence-corrected chi connectivity index (χ0v) is 10.8. The summed E-state index contributed by atoms with van der Waals surface area (Å²) in [6.45, 7) is 2.08. The van der Waals surface area contributed by atoms with E-state index in [9.17, 15) is 4.79 Å². The topological polar surface area (TPSA) is 55.0 Å². The Balaban J connectivity index is 2.03. The summed E-state index contributed by atoms with van der Waals surface area (Å²) in [7, 11) is 1.42. The van der Waals surface area contributed by atoms with Gasteiger partial charge < -0.3 is 9.72 Å². The van der Waals surface area contributed by atoms with E-state index >= 15 is 0 Å². The van der Waals surface area contributed by atoms with Crippen molar-refractivity contribution < 1.29 is 9.53 Å². The van der Waals surface area contributed by atoms with Gasteiger partial charge in [0, 0.05) is 12.8 Å². The van der Waals surface area contributed by atoms with Crippen LogP contribution in [0.1, 0.15) is 31.2 Å². The highest BCUT2D eigenvalue weighted by atomic mass is 16.5. The minimum Gasteiger partial charge on any atom is -0.469 e. The molecule has 0 unspecified atom stereocenters. The molecule has 0 aliphatic carbocycles. The van der Waals surface area contributed by atoms with E-state index in [1.54, 1.807) is 0 Å². The first-order chi connectivity index (χ1) is 8.72. The van der Waals surface area contributed by atoms with Gasteiger partial charge in [-0.3, -0.25) is 4.79 Å². The fraction of sp³-hybridized carbons (Fsp3) is 0.429. The predicted octanol–water partition coefficient (Wildman–Crippen LogP) is 2.62. The first-order valence-corrected chi connectivity index (χ1v) is 6.27. The first-order valence-electron chi connectivity index (χ1n) is 6.27. The molecule has 2 rings (SSSR count). The Labute approximate surface area is 106 Å². The number of esters is 1. The molecule has 0 fully saturated rings. The summed E-state index contributed by atoms with van der Waals surface area (Å²) < 4.78 is 4.62. The van der Waals surface area contributed by atoms with Crippen LogP contribution in [0.4, 0.5) is 0 Å². The summed E-state index contributed by atoms with van der Waals surface area (Å²) in [5.41, 5.74) is 3.30. The van der Waals surface area contributed by atoms with Crippen molar-refractivity contribution in [3.05, 3.63) is 29.6 Å². The Morgan fingerprint density at radius 1 is 1.44 bits per heavy atom. The highest BCUT2D eigenvalue weighted by Crippen LogP contribution is 2.15. The molecular weight excluding hydrogens is 228 g/mol. The van der Waals surface area contributed by atoms with Crippen molar-refractivity contribution in [2.24, 2.45) is 0 Å². The van der Waals surface area contributed by atoms with Crippen LogP contribution >= 0.6 is 0 Å². The van der Waals surface area contributed by atoms with E-state index < -0.39 is 0 Å². The Morgan fingerprint density at radius 2 is 2.28 bits per heavy atom. The molecule has 1 heterocycles. The standard InChI is InChI=1S/C14H18N2O2/c1-3-13-15-11-8-7-10(9-12(11)16-13)5-4-6-14(17)18-2/h7-9H,3-6H2,1-2H3,(H,15,16). The number of nitrogens with zero attached hydrogens (tertiary/aromatic N) is 1. The smallest absolute Gasteiger partial charge is 0.305 e. The number of hydrogen-bond donors (Lipinski definition) is 1. The molecule has 96 valence electrons. The number of aromatic nitrogens is 2. The molecule has 0 aliphatic rings. The fourth-order valence-electron chi connectivity index (χ4n) is 1.97. The number of carbonyl (C=O) groups excluding carboxylic acids is 1. The summed E-state index contributed by atoms with van der Waals surface area (Å²) in [6, 6.07) is 6.21. The molecule has 2 aromatic rings. The molecular formula is C14H18N2O2. The maximum atomic E-state index is 11.0. The van der Waals surface area contributed by atoms with Crippen molar-refractivity contribution in [1.82, 2.24) is 9.97 Å². The monoisotopic (exact) mass is 246 g/mol. The molecule has 0 saturated heterocycles. The van der Waals surface area contributed by atoms with Crippen LogP contribution in [-0.2, 0) is 22.4 Å². The largest absolute Gasteiger partial charge is 0.469 e. The summed E-state index contributed by atoms with van der Waals surface area (Å²) in [5, 5.41) is 0. The van der Waals surface area contributed by atoms with Crippen molar-refractivity contribution >= 4 is 17.0 Å². The summed E-state index contributed by atoms with van der Waals surface area (Å²) in [6.07, 6.45) is 3.07. The molecule has 0 amide bonds. The second-order valence-corrected chi connectivity index (χ2v) is 4.32. The molecule has 1 N–H and O–H groups in total. The van der Waals surface area contributed by atoms with Crippen molar-refractivity contribution in [1.29, 1.82) is 0 Å². The summed E-state index contributed by atoms with van der Waals surface area (Å²) >= 11 is 0. The molecule has 0 saturated carbocycles. The zero-order chi connectivity index (χ0) is 13.0. The number of carbonyl (C=O) groups is 1. The average Bonchev–Trinajstić information content (AvgIpc) is 2.80. The number of methoxy groups -OCH3 is 1. The van der Waals surface area contributed by atoms with E-state index in [1.165, 1.54) is 12.7 Å². The average molecular weight is 246 g/mol. The van der Waals surface area contributed by atoms with Gasteiger partial charge in [0.2, 0.25) is 0 Å². The maximum absolute atomic E-state index is 11.0. The number of hydrogen-bond acceptors (Lipinski definition) is 3. The molecule has 4 heteroatoms. The molecule has 0 aliphatic heterocycles. The van der Waals surface area contributed by atoms with Gasteiger partial charge in [-0.25, -0.2) is 4.98 Å². The summed E-state index contributed by atoms with van der Waals surface area (Å²) in [5.74, 6) is 0.864. The fourth-order valence-corrected chi connectivity index (χ4v) is 1.97. The number of fused-ring (bicyclic) bond motifs is 1. The van der Waals surface area contributed by atoms with Gasteiger partial charge in [0.15, 0.2) is 0 Å². The lowest BCUT2D eigenvalue weighted by Gasteiger charge is -2.01. The SMILES string of the molecule is CCc1nc2ccc(CCCC(=O)OC)cc2[nH]1. The first kappa shape index (κ1) is 12.6. The van der Waals surface area contributed by atoms with Crippen molar-refractivity contribution in [2.45, 2.75) is 32.6 Å². The predicted molar refractivity (Wildman–Crippen MR) is 70.4 cm³/mol. The number of aryl methyl sites for hydroxylation is 2. The third-order valence-corrected chi connectivity index (χ3v) is 3.00. The van der Waals surface area contributed by atoms with Crippen LogP contribution in [0.25, 0.3) is 11.0 Å². The van der Waals surface area contributed by atoms with Crippen LogP contribution in [-0.4, -0.2) is 23.0 Å². The van der Waals surface area contributed by atoms with E-state index in [2.05, 4.69) is 33.8 Å². The third kappa shape index (κ3) is 2.88. The lowest BCUT2D eigenvalue weighted by Crippen LogP contribution is -2.00. The van der Waals surface area contributed by atoms with E-state index in [0.717, 1.165) is 36.1 Å². The molecule has 0 atom stereocenters. The number of benzene rings is 1. The highest BCUT2D eigenvalue weighted by molar-refractivity contribution is 5.76. The third-order valence-electron chi connectivity index (χ3n) is 3.00. The quantitative estimate of drug-likeness (QED) is 0.825. The van der Waals surface area contributed by atoms with Gasteiger partial charge in [-0.15, -0.1) is 0 Å². The molecule has 18 heavy (non-hydrogen) atoms. The summed E-state index contributed by atoms with van der Waals surface area (Å²) in [4.78, 5) is 18.8. The Bertz CT molecular complexity index is 546. The second kappa shape index (κ2) is 5.67. The molecule has 4 nitrogen and oxygen atoms in total. The van der Waals surface area contributed by atoms with E-state index in [-0.39, 0.29) is 5.97 Å². The molecule has 0 spiro atoms. The number of imidazole rings is 1. The van der Waals surface area contributed by atoms with Crippen molar-refractivity contribution in [3.63, 3.8) is 0 Å². The zero-order valence-electron chi connectivity index (χ0n) is 10.8. The molecule has 1 aromatic heterocycles. The van der Waals surface area contributed by atoms with Crippen LogP contribution in [0, 0.1) is 0 Å². The number of H-pyrrole nitrogens is 1. The van der Waals surface area contributed by atoms with Gasteiger partial charge in [0.1, 0.15) is 5.82 Å². The van der Waals surface area contributed by atoms with E-state index in [0.29, 0.717) is 6.42 Å². The van der Waals surface area contributed by atoms with Crippen LogP contribution in [0.15, 0.2) is 18.2 Å². The maximum Gasteiger partial charge on any atom is 0.305 e. The van der Waals surface area contributed by atoms with Crippen molar-refractivity contribution in [3.8, 4) is 0 Å². The van der Waals surface area contributed by atoms with Gasteiger partial charge in [-0.2, -0.15) is 0 Å². The number of nitrogens with one attached hydrogen (secondary N) is 1. The van der Waals surface area contributed by atoms with Gasteiger partial charge in [-0.05, 0) is 30.5 Å². The number of rotatable bonds is 5. The van der Waals surface area contributed by atoms with Gasteiger partial charge in [0.05, 0.1) is 18.1 Å². The number of ether oxygens (including phenoxy) is 1. The van der Waals surface area contributed by atoms with Crippen LogP contribution in [0.5, 0.6) is 0 Å². The van der Waals surface area contributed by atoms with E-state index in [4.69, 9.17) is 0 Å². The molecule has 1 aromatic carbocycles. The minimum atomic E-state index is -0.147. The minimum absolute atomic E-state index is 0.147. The second-order valence-electron chi connectivity index (χ2n) is 4.32. The van der Waals surface area contributed by atoms with E-state index in [1.807, 2.05) is 6.07 Å². The highest BCUT2D eigenvalue weighted by Gasteiger charge is 2.04. The molecule has 0 radical (unpaired) electrons. The van der Waals surface area contributed by atoms with Gasteiger partial charge >= 0.3 is 5.97 Å². The van der Waals surface area contributed by atoms with Crippen molar-refractivity contribution in [2.75, 3.05) is 7.11 Å².